The molecule has 0 bridgehead atoms. The number of hydrogen-bond acceptors (Lipinski definition) is 1. The molecule has 0 fully saturated rings. The SMILES string of the molecule is CC(C)OC[SiH](Cl)Cl. The van der Waals surface area contributed by atoms with Crippen molar-refractivity contribution in [2.24, 2.45) is 0 Å². The van der Waals surface area contributed by atoms with Crippen molar-refractivity contribution >= 4 is 29.6 Å². The van der Waals surface area contributed by atoms with Crippen molar-refractivity contribution in [1.82, 2.24) is 0 Å². The molecule has 0 aliphatic rings. The summed E-state index contributed by atoms with van der Waals surface area (Å²) >= 11 is 11.0. The Bertz CT molecular complexity index is 50.0. The van der Waals surface area contributed by atoms with E-state index in [4.69, 9.17) is 26.9 Å². The van der Waals surface area contributed by atoms with Crippen LogP contribution in [0.15, 0.2) is 0 Å². The summed E-state index contributed by atoms with van der Waals surface area (Å²) in [7, 11) is -1.50. The minimum atomic E-state index is -1.50. The third-order valence-corrected chi connectivity index (χ3v) is 1.76. The van der Waals surface area contributed by atoms with Gasteiger partial charge in [-0.05, 0) is 13.8 Å². The average molecular weight is 173 g/mol. The van der Waals surface area contributed by atoms with Crippen LogP contribution in [0.25, 0.3) is 0 Å². The van der Waals surface area contributed by atoms with Gasteiger partial charge in [0.1, 0.15) is 0 Å². The predicted molar refractivity (Wildman–Crippen MR) is 39.9 cm³/mol. The molecule has 0 N–H and O–H groups in total. The van der Waals surface area contributed by atoms with Crippen LogP contribution in [0.1, 0.15) is 13.8 Å². The van der Waals surface area contributed by atoms with Crippen LogP contribution in [0.4, 0.5) is 0 Å². The highest BCUT2D eigenvalue weighted by molar-refractivity contribution is 7.33. The summed E-state index contributed by atoms with van der Waals surface area (Å²) in [6.45, 7) is 3.93. The number of rotatable bonds is 3. The Kier molecular flexibility index (Phi) is 5.06. The molecule has 4 heteroatoms. The molecule has 0 aromatic heterocycles. The number of halogens is 2. The topological polar surface area (TPSA) is 9.23 Å². The second-order valence-corrected chi connectivity index (χ2v) is 6.72. The van der Waals surface area contributed by atoms with E-state index in [0.29, 0.717) is 6.23 Å². The highest BCUT2D eigenvalue weighted by Crippen LogP contribution is 1.97. The summed E-state index contributed by atoms with van der Waals surface area (Å²) in [4.78, 5) is 0. The first-order valence-electron chi connectivity index (χ1n) is 2.52. The van der Waals surface area contributed by atoms with Gasteiger partial charge in [0.2, 0.25) is 0 Å². The molecule has 0 aromatic rings. The van der Waals surface area contributed by atoms with Crippen LogP contribution in [0.3, 0.4) is 0 Å². The molecule has 0 rings (SSSR count). The van der Waals surface area contributed by atoms with Crippen molar-refractivity contribution in [3.63, 3.8) is 0 Å². The maximum absolute atomic E-state index is 5.50. The van der Waals surface area contributed by atoms with Gasteiger partial charge in [-0.2, -0.15) is 0 Å². The third kappa shape index (κ3) is 6.76. The minimum Gasteiger partial charge on any atom is -0.380 e. The van der Waals surface area contributed by atoms with Crippen LogP contribution in [0, 0.1) is 0 Å². The Morgan fingerprint density at radius 1 is 1.50 bits per heavy atom. The van der Waals surface area contributed by atoms with Gasteiger partial charge in [0.05, 0.1) is 12.3 Å². The third-order valence-electron chi connectivity index (χ3n) is 0.556. The summed E-state index contributed by atoms with van der Waals surface area (Å²) in [5.74, 6) is 0. The maximum atomic E-state index is 5.50. The minimum absolute atomic E-state index is 0.252. The fourth-order valence-corrected chi connectivity index (χ4v) is 1.23. The van der Waals surface area contributed by atoms with Crippen molar-refractivity contribution in [3.05, 3.63) is 0 Å². The molecule has 0 amide bonds. The van der Waals surface area contributed by atoms with Crippen LogP contribution in [-0.2, 0) is 4.74 Å². The van der Waals surface area contributed by atoms with Crippen molar-refractivity contribution in [1.29, 1.82) is 0 Å². The van der Waals surface area contributed by atoms with Crippen molar-refractivity contribution in [2.45, 2.75) is 20.0 Å². The standard InChI is InChI=1S/C4H10Cl2OSi/c1-4(2)7-3-8(5)6/h4,8H,3H2,1-2H3. The second-order valence-electron chi connectivity index (χ2n) is 1.77. The summed E-state index contributed by atoms with van der Waals surface area (Å²) in [5.41, 5.74) is 0. The van der Waals surface area contributed by atoms with Crippen LogP contribution < -0.4 is 0 Å². The highest BCUT2D eigenvalue weighted by atomic mass is 35.7. The van der Waals surface area contributed by atoms with Gasteiger partial charge in [0, 0.05) is 0 Å². The van der Waals surface area contributed by atoms with E-state index in [0.717, 1.165) is 0 Å². The molecule has 0 aromatic carbocycles. The first kappa shape index (κ1) is 8.76. The molecular weight excluding hydrogens is 163 g/mol. The van der Waals surface area contributed by atoms with E-state index >= 15 is 0 Å². The first-order chi connectivity index (χ1) is 3.63. The lowest BCUT2D eigenvalue weighted by molar-refractivity contribution is 0.115. The summed E-state index contributed by atoms with van der Waals surface area (Å²) in [6.07, 6.45) is 0.809. The molecule has 0 heterocycles. The van der Waals surface area contributed by atoms with Gasteiger partial charge in [0.25, 0.3) is 7.42 Å². The lowest BCUT2D eigenvalue weighted by Gasteiger charge is -2.05. The Morgan fingerprint density at radius 3 is 2.12 bits per heavy atom. The predicted octanol–water partition coefficient (Wildman–Crippen LogP) is 1.65. The van der Waals surface area contributed by atoms with Crippen LogP contribution in [-0.4, -0.2) is 19.8 Å². The molecular formula is C4H10Cl2OSi. The zero-order valence-electron chi connectivity index (χ0n) is 5.03. The molecule has 0 aliphatic heterocycles. The summed E-state index contributed by atoms with van der Waals surface area (Å²) in [5, 5.41) is 0. The summed E-state index contributed by atoms with van der Waals surface area (Å²) in [6, 6.07) is 0. The zero-order valence-corrected chi connectivity index (χ0v) is 7.69. The Morgan fingerprint density at radius 2 is 2.00 bits per heavy atom. The number of ether oxygens (including phenoxy) is 1. The van der Waals surface area contributed by atoms with Crippen molar-refractivity contribution < 1.29 is 4.74 Å². The Labute approximate surface area is 60.9 Å². The van der Waals surface area contributed by atoms with Crippen molar-refractivity contribution in [3.8, 4) is 0 Å². The average Bonchev–Trinajstić information content (AvgIpc) is 1.61. The van der Waals surface area contributed by atoms with E-state index in [-0.39, 0.29) is 6.10 Å². The van der Waals surface area contributed by atoms with Gasteiger partial charge in [-0.15, -0.1) is 22.2 Å². The highest BCUT2D eigenvalue weighted by Gasteiger charge is 2.01. The van der Waals surface area contributed by atoms with Gasteiger partial charge in [-0.1, -0.05) is 0 Å². The molecule has 50 valence electrons. The first-order valence-corrected chi connectivity index (χ1v) is 6.83. The molecule has 0 unspecified atom stereocenters. The molecule has 0 spiro atoms. The van der Waals surface area contributed by atoms with E-state index in [2.05, 4.69) is 0 Å². The molecule has 8 heavy (non-hydrogen) atoms. The smallest absolute Gasteiger partial charge is 0.261 e. The van der Waals surface area contributed by atoms with Gasteiger partial charge in [-0.25, -0.2) is 0 Å². The molecule has 1 nitrogen and oxygen atoms in total. The quantitative estimate of drug-likeness (QED) is 0.465. The largest absolute Gasteiger partial charge is 0.380 e. The van der Waals surface area contributed by atoms with E-state index in [1.54, 1.807) is 0 Å². The lowest BCUT2D eigenvalue weighted by Crippen LogP contribution is -2.11. The normalized spacial score (nSPS) is 11.2. The van der Waals surface area contributed by atoms with Gasteiger partial charge < -0.3 is 4.74 Å². The monoisotopic (exact) mass is 172 g/mol. The fourth-order valence-electron chi connectivity index (χ4n) is 0.265. The summed E-state index contributed by atoms with van der Waals surface area (Å²) < 4.78 is 5.10. The lowest BCUT2D eigenvalue weighted by atomic mass is 10.5. The molecule has 0 saturated carbocycles. The van der Waals surface area contributed by atoms with E-state index in [1.165, 1.54) is 0 Å². The van der Waals surface area contributed by atoms with E-state index < -0.39 is 7.42 Å². The van der Waals surface area contributed by atoms with Crippen LogP contribution >= 0.6 is 22.2 Å². The van der Waals surface area contributed by atoms with Gasteiger partial charge in [-0.3, -0.25) is 0 Å². The van der Waals surface area contributed by atoms with E-state index in [1.807, 2.05) is 13.8 Å². The second kappa shape index (κ2) is 4.62. The van der Waals surface area contributed by atoms with Gasteiger partial charge in [0.15, 0.2) is 0 Å². The van der Waals surface area contributed by atoms with Crippen LogP contribution in [0.2, 0.25) is 0 Å². The van der Waals surface area contributed by atoms with Gasteiger partial charge >= 0.3 is 0 Å². The molecule has 0 aliphatic carbocycles. The van der Waals surface area contributed by atoms with E-state index in [9.17, 15) is 0 Å². The van der Waals surface area contributed by atoms with Crippen LogP contribution in [0.5, 0.6) is 0 Å². The zero-order chi connectivity index (χ0) is 6.57. The Hall–Kier alpha value is 0.757. The number of hydrogen-bond donors (Lipinski definition) is 0. The Balaban J connectivity index is 2.93. The van der Waals surface area contributed by atoms with Crippen molar-refractivity contribution in [2.75, 3.05) is 6.23 Å². The molecule has 0 saturated heterocycles. The maximum Gasteiger partial charge on any atom is 0.261 e. The fraction of sp³-hybridized carbons (Fsp3) is 1.00. The molecule has 0 radical (unpaired) electrons. The molecule has 0 atom stereocenters.